The van der Waals surface area contributed by atoms with Gasteiger partial charge in [-0.2, -0.15) is 0 Å². The number of amides is 2. The zero-order chi connectivity index (χ0) is 21.8. The molecule has 4 aliphatic rings. The number of piperidine rings is 1. The number of nitrogens with zero attached hydrogens (tertiary/aromatic N) is 2. The maximum absolute atomic E-state index is 13.3. The molecule has 2 amide bonds. The lowest BCUT2D eigenvalue weighted by atomic mass is 9.46. The van der Waals surface area contributed by atoms with Crippen molar-refractivity contribution < 1.29 is 14.7 Å². The van der Waals surface area contributed by atoms with Crippen LogP contribution < -0.4 is 0 Å². The molecule has 4 fully saturated rings. The van der Waals surface area contributed by atoms with Crippen molar-refractivity contribution in [1.29, 1.82) is 0 Å². The zero-order valence-electron chi connectivity index (χ0n) is 19.5. The van der Waals surface area contributed by atoms with E-state index in [1.807, 2.05) is 16.8 Å². The number of hydrogen-bond donors (Lipinski definition) is 1. The smallest absolute Gasteiger partial charge is 0.252 e. The first-order valence-corrected chi connectivity index (χ1v) is 12.1. The molecule has 30 heavy (non-hydrogen) atoms. The summed E-state index contributed by atoms with van der Waals surface area (Å²) in [6.07, 6.45) is 8.36. The third kappa shape index (κ3) is 2.86. The molecule has 1 aliphatic heterocycles. The van der Waals surface area contributed by atoms with Crippen LogP contribution in [0.3, 0.4) is 0 Å². The maximum Gasteiger partial charge on any atom is 0.252 e. The van der Waals surface area contributed by atoms with Gasteiger partial charge in [-0.05, 0) is 87.4 Å². The van der Waals surface area contributed by atoms with Gasteiger partial charge in [-0.3, -0.25) is 9.59 Å². The molecule has 0 aromatic carbocycles. The van der Waals surface area contributed by atoms with Crippen LogP contribution in [0, 0.1) is 34.5 Å². The highest BCUT2D eigenvalue weighted by molar-refractivity contribution is 5.94. The van der Waals surface area contributed by atoms with Crippen LogP contribution >= 0.6 is 0 Å². The van der Waals surface area contributed by atoms with Crippen molar-refractivity contribution in [1.82, 2.24) is 9.80 Å². The molecule has 0 aromatic heterocycles. The molecule has 3 saturated carbocycles. The van der Waals surface area contributed by atoms with E-state index in [2.05, 4.69) is 27.7 Å². The first-order valence-electron chi connectivity index (χ1n) is 12.1. The molecule has 5 heteroatoms. The van der Waals surface area contributed by atoms with E-state index in [1.165, 1.54) is 0 Å². The van der Waals surface area contributed by atoms with E-state index in [1.54, 1.807) is 0 Å². The lowest BCUT2D eigenvalue weighted by Gasteiger charge is -2.62. The summed E-state index contributed by atoms with van der Waals surface area (Å²) in [5.41, 5.74) is 0.685. The average Bonchev–Trinajstić information content (AvgIpc) is 3.08. The number of hydrogen-bond acceptors (Lipinski definition) is 3. The van der Waals surface area contributed by atoms with E-state index in [0.717, 1.165) is 57.9 Å². The second-order valence-electron chi connectivity index (χ2n) is 10.9. The number of carbonyl (C=O) groups excluding carboxylic acids is 2. The first kappa shape index (κ1) is 21.7. The standard InChI is InChI=1S/C25H40N2O3/c1-6-27(7-2)23(30)20-10-9-18-17-8-11-21-25(4,19(17)12-13-24(18,20)3)14-16(15-28)22(29)26(21)5/h15,17-21,28H,6-14H2,1-5H3/b16-15+/t17?,18?,19?,20-,21?,24?,25?/m1/s1. The Morgan fingerprint density at radius 1 is 1.10 bits per heavy atom. The summed E-state index contributed by atoms with van der Waals surface area (Å²) < 4.78 is 0. The Morgan fingerprint density at radius 2 is 1.77 bits per heavy atom. The van der Waals surface area contributed by atoms with Crippen LogP contribution in [0.4, 0.5) is 0 Å². The van der Waals surface area contributed by atoms with Gasteiger partial charge in [-0.15, -0.1) is 0 Å². The highest BCUT2D eigenvalue weighted by Gasteiger charge is 2.62. The zero-order valence-corrected chi connectivity index (χ0v) is 19.5. The number of carbonyl (C=O) groups is 2. The van der Waals surface area contributed by atoms with Crippen molar-refractivity contribution >= 4 is 11.8 Å². The lowest BCUT2D eigenvalue weighted by Crippen LogP contribution is -2.62. The number of likely N-dealkylation sites (tertiary alicyclic amines) is 1. The van der Waals surface area contributed by atoms with Crippen molar-refractivity contribution in [2.75, 3.05) is 20.1 Å². The summed E-state index contributed by atoms with van der Waals surface area (Å²) in [6.45, 7) is 10.5. The van der Waals surface area contributed by atoms with Crippen LogP contribution in [0.5, 0.6) is 0 Å². The number of fused-ring (bicyclic) bond motifs is 5. The second kappa shape index (κ2) is 7.56. The Morgan fingerprint density at radius 3 is 2.40 bits per heavy atom. The summed E-state index contributed by atoms with van der Waals surface area (Å²) in [6, 6.07) is 0.258. The summed E-state index contributed by atoms with van der Waals surface area (Å²) in [5, 5.41) is 9.71. The lowest BCUT2D eigenvalue weighted by molar-refractivity contribution is -0.155. The largest absolute Gasteiger partial charge is 0.515 e. The molecule has 168 valence electrons. The van der Waals surface area contributed by atoms with Crippen molar-refractivity contribution in [2.45, 2.75) is 78.7 Å². The van der Waals surface area contributed by atoms with Crippen molar-refractivity contribution in [3.63, 3.8) is 0 Å². The van der Waals surface area contributed by atoms with Gasteiger partial charge < -0.3 is 14.9 Å². The monoisotopic (exact) mass is 416 g/mol. The van der Waals surface area contributed by atoms with E-state index in [9.17, 15) is 14.7 Å². The maximum atomic E-state index is 13.3. The molecule has 3 aliphatic carbocycles. The quantitative estimate of drug-likeness (QED) is 0.548. The third-order valence-electron chi connectivity index (χ3n) is 9.98. The minimum Gasteiger partial charge on any atom is -0.515 e. The van der Waals surface area contributed by atoms with Gasteiger partial charge in [0, 0.05) is 32.1 Å². The molecular weight excluding hydrogens is 376 g/mol. The number of likely N-dealkylation sites (N-methyl/N-ethyl adjacent to an activating group) is 1. The molecule has 0 aromatic rings. The number of aliphatic hydroxyl groups is 1. The Bertz CT molecular complexity index is 745. The van der Waals surface area contributed by atoms with Gasteiger partial charge in [-0.1, -0.05) is 13.8 Å². The Labute approximate surface area is 181 Å². The van der Waals surface area contributed by atoms with Crippen LogP contribution in [0.15, 0.2) is 11.8 Å². The van der Waals surface area contributed by atoms with Crippen molar-refractivity contribution in [2.24, 2.45) is 34.5 Å². The molecule has 5 nitrogen and oxygen atoms in total. The minimum atomic E-state index is -0.00942. The molecule has 7 atom stereocenters. The molecule has 0 radical (unpaired) electrons. The van der Waals surface area contributed by atoms with Gasteiger partial charge in [0.1, 0.15) is 0 Å². The molecule has 4 rings (SSSR count). The van der Waals surface area contributed by atoms with Gasteiger partial charge in [0.05, 0.1) is 11.8 Å². The van der Waals surface area contributed by atoms with Crippen LogP contribution in [0.25, 0.3) is 0 Å². The Hall–Kier alpha value is -1.52. The third-order valence-corrected chi connectivity index (χ3v) is 9.98. The predicted molar refractivity (Wildman–Crippen MR) is 118 cm³/mol. The summed E-state index contributed by atoms with van der Waals surface area (Å²) >= 11 is 0. The second-order valence-corrected chi connectivity index (χ2v) is 10.9. The van der Waals surface area contributed by atoms with Gasteiger partial charge in [0.2, 0.25) is 5.91 Å². The van der Waals surface area contributed by atoms with Crippen molar-refractivity contribution in [3.05, 3.63) is 11.8 Å². The van der Waals surface area contributed by atoms with Crippen molar-refractivity contribution in [3.8, 4) is 0 Å². The number of aliphatic hydroxyl groups excluding tert-OH is 1. The van der Waals surface area contributed by atoms with Gasteiger partial charge in [0.15, 0.2) is 0 Å². The molecule has 1 N–H and O–H groups in total. The van der Waals surface area contributed by atoms with E-state index in [-0.39, 0.29) is 28.7 Å². The average molecular weight is 417 g/mol. The fourth-order valence-electron chi connectivity index (χ4n) is 8.44. The molecule has 1 saturated heterocycles. The molecule has 0 bridgehead atoms. The van der Waals surface area contributed by atoms with E-state index in [4.69, 9.17) is 0 Å². The van der Waals surface area contributed by atoms with E-state index >= 15 is 0 Å². The Kier molecular flexibility index (Phi) is 5.47. The first-order chi connectivity index (χ1) is 14.2. The topological polar surface area (TPSA) is 60.9 Å². The summed E-state index contributed by atoms with van der Waals surface area (Å²) in [4.78, 5) is 29.9. The Balaban J connectivity index is 1.62. The van der Waals surface area contributed by atoms with E-state index in [0.29, 0.717) is 35.7 Å². The van der Waals surface area contributed by atoms with Crippen LogP contribution in [0.1, 0.15) is 72.6 Å². The molecular formula is C25H40N2O3. The fraction of sp³-hybridized carbons (Fsp3) is 0.840. The molecule has 0 spiro atoms. The fourth-order valence-corrected chi connectivity index (χ4v) is 8.44. The van der Waals surface area contributed by atoms with Gasteiger partial charge in [0.25, 0.3) is 5.91 Å². The summed E-state index contributed by atoms with van der Waals surface area (Å²) in [7, 11) is 1.91. The van der Waals surface area contributed by atoms with E-state index < -0.39 is 0 Å². The van der Waals surface area contributed by atoms with Crippen LogP contribution in [-0.2, 0) is 9.59 Å². The number of rotatable bonds is 3. The SMILES string of the molecule is CCN(CC)C(=O)[C@H]1CCC2C3CCC4N(C)C(=O)/C(=C/O)CC4(C)C3CCC21C. The van der Waals surface area contributed by atoms with Crippen LogP contribution in [-0.4, -0.2) is 52.9 Å². The summed E-state index contributed by atoms with van der Waals surface area (Å²) in [5.74, 6) is 2.31. The predicted octanol–water partition coefficient (Wildman–Crippen LogP) is 4.39. The van der Waals surface area contributed by atoms with Gasteiger partial charge >= 0.3 is 0 Å². The molecule has 1 heterocycles. The van der Waals surface area contributed by atoms with Gasteiger partial charge in [-0.25, -0.2) is 0 Å². The minimum absolute atomic E-state index is 0.00942. The molecule has 6 unspecified atom stereocenters. The normalized spacial score (nSPS) is 44.4. The highest BCUT2D eigenvalue weighted by atomic mass is 16.2. The van der Waals surface area contributed by atoms with Crippen LogP contribution in [0.2, 0.25) is 0 Å². The highest BCUT2D eigenvalue weighted by Crippen LogP contribution is 2.66.